The van der Waals surface area contributed by atoms with Gasteiger partial charge in [0.1, 0.15) is 5.75 Å². The summed E-state index contributed by atoms with van der Waals surface area (Å²) in [7, 11) is 1.73. The number of hydrogen-bond donors (Lipinski definition) is 1. The van der Waals surface area contributed by atoms with Gasteiger partial charge in [-0.2, -0.15) is 0 Å². The molecule has 3 aromatic rings. The maximum absolute atomic E-state index is 5.50. The maximum atomic E-state index is 5.50. The van der Waals surface area contributed by atoms with E-state index >= 15 is 0 Å². The van der Waals surface area contributed by atoms with Crippen LogP contribution in [0.25, 0.3) is 21.9 Å². The number of benzene rings is 3. The van der Waals surface area contributed by atoms with Crippen LogP contribution >= 0.6 is 0 Å². The van der Waals surface area contributed by atoms with Crippen molar-refractivity contribution in [2.75, 3.05) is 19.0 Å². The molecule has 104 valence electrons. The molecule has 0 aliphatic carbocycles. The van der Waals surface area contributed by atoms with E-state index in [1.165, 1.54) is 33.2 Å². The lowest BCUT2D eigenvalue weighted by Gasteiger charge is -2.13. The lowest BCUT2D eigenvalue weighted by atomic mass is 9.93. The van der Waals surface area contributed by atoms with E-state index in [9.17, 15) is 0 Å². The van der Waals surface area contributed by atoms with E-state index in [0.29, 0.717) is 0 Å². The minimum absolute atomic E-state index is 0.931. The number of ether oxygens (including phenoxy) is 1. The Kier molecular flexibility index (Phi) is 2.81. The van der Waals surface area contributed by atoms with E-state index in [0.717, 1.165) is 18.7 Å². The Morgan fingerprint density at radius 2 is 1.71 bits per heavy atom. The third-order valence-electron chi connectivity index (χ3n) is 4.26. The minimum atomic E-state index is 0.931. The number of rotatable bonds is 2. The molecule has 0 saturated carbocycles. The standard InChI is InChI=1S/C19H17NO/c1-21-19-10-9-15(14-5-2-3-6-17(14)19)13-7-4-8-18-16(13)11-12-20-18/h2-10,20H,11-12H2,1H3. The van der Waals surface area contributed by atoms with Gasteiger partial charge in [-0.25, -0.2) is 0 Å². The first-order valence-electron chi connectivity index (χ1n) is 7.30. The average Bonchev–Trinajstić information content (AvgIpc) is 3.02. The van der Waals surface area contributed by atoms with Gasteiger partial charge in [-0.1, -0.05) is 42.5 Å². The summed E-state index contributed by atoms with van der Waals surface area (Å²) >= 11 is 0. The van der Waals surface area contributed by atoms with Crippen molar-refractivity contribution in [1.82, 2.24) is 0 Å². The summed E-state index contributed by atoms with van der Waals surface area (Å²) in [6, 6.07) is 19.2. The fourth-order valence-electron chi connectivity index (χ4n) is 3.28. The average molecular weight is 275 g/mol. The van der Waals surface area contributed by atoms with E-state index in [2.05, 4.69) is 59.9 Å². The summed E-state index contributed by atoms with van der Waals surface area (Å²) in [5.41, 5.74) is 5.31. The highest BCUT2D eigenvalue weighted by molar-refractivity contribution is 6.01. The highest BCUT2D eigenvalue weighted by Crippen LogP contribution is 2.39. The first-order chi connectivity index (χ1) is 10.4. The molecular formula is C19H17NO. The van der Waals surface area contributed by atoms with Crippen LogP contribution < -0.4 is 10.1 Å². The molecule has 2 nitrogen and oxygen atoms in total. The van der Waals surface area contributed by atoms with Crippen LogP contribution in [0.2, 0.25) is 0 Å². The summed E-state index contributed by atoms with van der Waals surface area (Å²) in [6.45, 7) is 1.03. The van der Waals surface area contributed by atoms with Crippen LogP contribution in [-0.2, 0) is 6.42 Å². The van der Waals surface area contributed by atoms with Gasteiger partial charge in [0, 0.05) is 17.6 Å². The van der Waals surface area contributed by atoms with E-state index < -0.39 is 0 Å². The molecular weight excluding hydrogens is 258 g/mol. The van der Waals surface area contributed by atoms with Crippen LogP contribution in [0, 0.1) is 0 Å². The number of fused-ring (bicyclic) bond motifs is 2. The van der Waals surface area contributed by atoms with Crippen molar-refractivity contribution in [3.05, 3.63) is 60.2 Å². The van der Waals surface area contributed by atoms with Gasteiger partial charge in [0.15, 0.2) is 0 Å². The molecule has 1 aliphatic rings. The smallest absolute Gasteiger partial charge is 0.126 e. The second kappa shape index (κ2) is 4.81. The van der Waals surface area contributed by atoms with Gasteiger partial charge in [-0.15, -0.1) is 0 Å². The highest BCUT2D eigenvalue weighted by Gasteiger charge is 2.16. The monoisotopic (exact) mass is 275 g/mol. The van der Waals surface area contributed by atoms with Crippen molar-refractivity contribution in [1.29, 1.82) is 0 Å². The minimum Gasteiger partial charge on any atom is -0.496 e. The first-order valence-corrected chi connectivity index (χ1v) is 7.30. The molecule has 0 unspecified atom stereocenters. The zero-order valence-electron chi connectivity index (χ0n) is 12.0. The van der Waals surface area contributed by atoms with E-state index in [4.69, 9.17) is 4.74 Å². The van der Waals surface area contributed by atoms with Gasteiger partial charge in [-0.05, 0) is 40.6 Å². The number of nitrogens with one attached hydrogen (secondary N) is 1. The van der Waals surface area contributed by atoms with E-state index in [1.54, 1.807) is 7.11 Å². The molecule has 0 amide bonds. The Bertz CT molecular complexity index is 823. The molecule has 0 spiro atoms. The molecule has 1 N–H and O–H groups in total. The molecule has 0 bridgehead atoms. The summed E-state index contributed by atoms with van der Waals surface area (Å²) in [4.78, 5) is 0. The number of hydrogen-bond acceptors (Lipinski definition) is 2. The third kappa shape index (κ3) is 1.87. The molecule has 0 aromatic heterocycles. The molecule has 0 fully saturated rings. The van der Waals surface area contributed by atoms with E-state index in [1.807, 2.05) is 0 Å². The SMILES string of the molecule is COc1ccc(-c2cccc3c2CCN3)c2ccccc12. The van der Waals surface area contributed by atoms with Gasteiger partial charge in [-0.3, -0.25) is 0 Å². The van der Waals surface area contributed by atoms with Gasteiger partial charge in [0.05, 0.1) is 7.11 Å². The van der Waals surface area contributed by atoms with Gasteiger partial charge in [0.2, 0.25) is 0 Å². The molecule has 2 heteroatoms. The predicted molar refractivity (Wildman–Crippen MR) is 88.1 cm³/mol. The molecule has 1 heterocycles. The second-order valence-corrected chi connectivity index (χ2v) is 5.37. The molecule has 3 aromatic carbocycles. The van der Waals surface area contributed by atoms with E-state index in [-0.39, 0.29) is 0 Å². The molecule has 0 atom stereocenters. The van der Waals surface area contributed by atoms with Crippen molar-refractivity contribution < 1.29 is 4.74 Å². The highest BCUT2D eigenvalue weighted by atomic mass is 16.5. The molecule has 0 saturated heterocycles. The Balaban J connectivity index is 2.02. The van der Waals surface area contributed by atoms with Crippen molar-refractivity contribution in [3.8, 4) is 16.9 Å². The van der Waals surface area contributed by atoms with Crippen LogP contribution in [0.4, 0.5) is 5.69 Å². The van der Waals surface area contributed by atoms with Gasteiger partial charge < -0.3 is 10.1 Å². The number of methoxy groups -OCH3 is 1. The molecule has 1 aliphatic heterocycles. The van der Waals surface area contributed by atoms with Crippen molar-refractivity contribution in [2.45, 2.75) is 6.42 Å². The fourth-order valence-corrected chi connectivity index (χ4v) is 3.28. The lowest BCUT2D eigenvalue weighted by molar-refractivity contribution is 0.420. The normalized spacial score (nSPS) is 13.0. The topological polar surface area (TPSA) is 21.3 Å². The Morgan fingerprint density at radius 1 is 0.857 bits per heavy atom. The fraction of sp³-hybridized carbons (Fsp3) is 0.158. The largest absolute Gasteiger partial charge is 0.496 e. The first kappa shape index (κ1) is 12.3. The van der Waals surface area contributed by atoms with Crippen LogP contribution in [0.1, 0.15) is 5.56 Å². The van der Waals surface area contributed by atoms with Crippen LogP contribution in [0.5, 0.6) is 5.75 Å². The Hall–Kier alpha value is -2.48. The quantitative estimate of drug-likeness (QED) is 0.744. The van der Waals surface area contributed by atoms with Crippen LogP contribution in [0.15, 0.2) is 54.6 Å². The number of anilines is 1. The third-order valence-corrected chi connectivity index (χ3v) is 4.26. The molecule has 4 rings (SSSR count). The van der Waals surface area contributed by atoms with Gasteiger partial charge >= 0.3 is 0 Å². The van der Waals surface area contributed by atoms with Crippen LogP contribution in [-0.4, -0.2) is 13.7 Å². The van der Waals surface area contributed by atoms with Crippen molar-refractivity contribution >= 4 is 16.5 Å². The maximum Gasteiger partial charge on any atom is 0.126 e. The lowest BCUT2D eigenvalue weighted by Crippen LogP contribution is -1.90. The molecule has 21 heavy (non-hydrogen) atoms. The summed E-state index contributed by atoms with van der Waals surface area (Å²) in [5, 5.41) is 5.87. The van der Waals surface area contributed by atoms with Crippen molar-refractivity contribution in [3.63, 3.8) is 0 Å². The summed E-state index contributed by atoms with van der Waals surface area (Å²) < 4.78 is 5.50. The zero-order chi connectivity index (χ0) is 14.2. The Labute approximate surface area is 124 Å². The van der Waals surface area contributed by atoms with Crippen LogP contribution in [0.3, 0.4) is 0 Å². The van der Waals surface area contributed by atoms with Crippen molar-refractivity contribution in [2.24, 2.45) is 0 Å². The van der Waals surface area contributed by atoms with Gasteiger partial charge in [0.25, 0.3) is 0 Å². The summed E-state index contributed by atoms with van der Waals surface area (Å²) in [5.74, 6) is 0.931. The predicted octanol–water partition coefficient (Wildman–Crippen LogP) is 4.48. The Morgan fingerprint density at radius 3 is 2.57 bits per heavy atom. The molecule has 0 radical (unpaired) electrons. The summed E-state index contributed by atoms with van der Waals surface area (Å²) in [6.07, 6.45) is 1.09. The zero-order valence-corrected chi connectivity index (χ0v) is 12.0. The second-order valence-electron chi connectivity index (χ2n) is 5.37.